The summed E-state index contributed by atoms with van der Waals surface area (Å²) in [7, 11) is 0. The topological polar surface area (TPSA) is 20.2 Å². The molecule has 0 amide bonds. The Labute approximate surface area is 104 Å². The summed E-state index contributed by atoms with van der Waals surface area (Å²) < 4.78 is 14.3. The fraction of sp³-hybridized carbons (Fsp3) is 0.538. The Bertz CT molecular complexity index is 411. The lowest BCUT2D eigenvalue weighted by atomic mass is 9.97. The third-order valence-electron chi connectivity index (χ3n) is 3.10. The van der Waals surface area contributed by atoms with E-state index in [4.69, 9.17) is 0 Å². The smallest absolute Gasteiger partial charge is 0.140 e. The van der Waals surface area contributed by atoms with Crippen LogP contribution in [0.2, 0.25) is 0 Å². The Hall–Kier alpha value is -0.410. The summed E-state index contributed by atoms with van der Waals surface area (Å²) in [6, 6.07) is 3.65. The van der Waals surface area contributed by atoms with E-state index in [2.05, 4.69) is 15.9 Å². The Kier molecular flexibility index (Phi) is 3.10. The van der Waals surface area contributed by atoms with Crippen LogP contribution < -0.4 is 0 Å². The maximum absolute atomic E-state index is 13.8. The van der Waals surface area contributed by atoms with E-state index < -0.39 is 5.60 Å². The number of benzene rings is 1. The van der Waals surface area contributed by atoms with Crippen molar-refractivity contribution in [3.05, 3.63) is 33.5 Å². The van der Waals surface area contributed by atoms with E-state index >= 15 is 0 Å². The molecule has 0 radical (unpaired) electrons. The standard InChI is InChI=1S/C13H16BrFO/c1-8(2)10-5-9(6-11(14)12(10)15)7-13(16)3-4-13/h5-6,8,16H,3-4,7H2,1-2H3. The Morgan fingerprint density at radius 1 is 1.44 bits per heavy atom. The first-order valence-electron chi connectivity index (χ1n) is 5.61. The molecule has 0 atom stereocenters. The van der Waals surface area contributed by atoms with Crippen molar-refractivity contribution >= 4 is 15.9 Å². The van der Waals surface area contributed by atoms with Crippen molar-refractivity contribution in [3.8, 4) is 0 Å². The van der Waals surface area contributed by atoms with Crippen LogP contribution in [0.3, 0.4) is 0 Å². The van der Waals surface area contributed by atoms with Gasteiger partial charge in [-0.25, -0.2) is 4.39 Å². The van der Waals surface area contributed by atoms with Gasteiger partial charge in [0.1, 0.15) is 5.82 Å². The molecule has 0 bridgehead atoms. The second-order valence-electron chi connectivity index (χ2n) is 5.04. The minimum atomic E-state index is -0.522. The van der Waals surface area contributed by atoms with Crippen molar-refractivity contribution in [1.82, 2.24) is 0 Å². The predicted molar refractivity (Wildman–Crippen MR) is 66.1 cm³/mol. The summed E-state index contributed by atoms with van der Waals surface area (Å²) in [5.41, 5.74) is 1.21. The predicted octanol–water partition coefficient (Wildman–Crippen LogP) is 3.78. The lowest BCUT2D eigenvalue weighted by Gasteiger charge is -2.13. The molecule has 1 nitrogen and oxygen atoms in total. The number of aliphatic hydroxyl groups is 1. The highest BCUT2D eigenvalue weighted by Gasteiger charge is 2.40. The highest BCUT2D eigenvalue weighted by atomic mass is 79.9. The van der Waals surface area contributed by atoms with Gasteiger partial charge in [-0.2, -0.15) is 0 Å². The van der Waals surface area contributed by atoms with E-state index in [1.807, 2.05) is 19.9 Å². The van der Waals surface area contributed by atoms with Gasteiger partial charge in [-0.15, -0.1) is 0 Å². The van der Waals surface area contributed by atoms with Crippen LogP contribution in [0, 0.1) is 5.82 Å². The molecule has 1 aromatic rings. The van der Waals surface area contributed by atoms with Gasteiger partial charge < -0.3 is 5.11 Å². The molecule has 0 aromatic heterocycles. The quantitative estimate of drug-likeness (QED) is 0.897. The molecule has 0 unspecified atom stereocenters. The van der Waals surface area contributed by atoms with Crippen LogP contribution in [0.25, 0.3) is 0 Å². The molecule has 0 saturated heterocycles. The van der Waals surface area contributed by atoms with Gasteiger partial charge in [-0.1, -0.05) is 19.9 Å². The van der Waals surface area contributed by atoms with E-state index in [-0.39, 0.29) is 11.7 Å². The highest BCUT2D eigenvalue weighted by molar-refractivity contribution is 9.10. The molecule has 1 aliphatic carbocycles. The summed E-state index contributed by atoms with van der Waals surface area (Å²) in [4.78, 5) is 0. The molecule has 1 fully saturated rings. The average molecular weight is 287 g/mol. The summed E-state index contributed by atoms with van der Waals surface area (Å²) in [6.07, 6.45) is 2.35. The van der Waals surface area contributed by atoms with Crippen LogP contribution in [-0.2, 0) is 6.42 Å². The zero-order valence-electron chi connectivity index (χ0n) is 9.56. The minimum absolute atomic E-state index is 0.157. The maximum atomic E-state index is 13.8. The van der Waals surface area contributed by atoms with E-state index in [9.17, 15) is 9.50 Å². The van der Waals surface area contributed by atoms with Gasteiger partial charge in [-0.3, -0.25) is 0 Å². The highest BCUT2D eigenvalue weighted by Crippen LogP contribution is 2.39. The monoisotopic (exact) mass is 286 g/mol. The van der Waals surface area contributed by atoms with Crippen LogP contribution in [0.1, 0.15) is 43.7 Å². The lowest BCUT2D eigenvalue weighted by Crippen LogP contribution is -2.11. The molecule has 1 aliphatic rings. The summed E-state index contributed by atoms with van der Waals surface area (Å²) >= 11 is 3.24. The third kappa shape index (κ3) is 2.46. The number of halogens is 2. The van der Waals surface area contributed by atoms with Gasteiger partial charge in [0.25, 0.3) is 0 Å². The minimum Gasteiger partial charge on any atom is -0.390 e. The Balaban J connectivity index is 2.32. The normalized spacial score (nSPS) is 17.9. The van der Waals surface area contributed by atoms with E-state index in [0.29, 0.717) is 16.5 Å². The Morgan fingerprint density at radius 3 is 2.56 bits per heavy atom. The Morgan fingerprint density at radius 2 is 2.06 bits per heavy atom. The maximum Gasteiger partial charge on any atom is 0.140 e. The van der Waals surface area contributed by atoms with Gasteiger partial charge in [0, 0.05) is 6.42 Å². The second kappa shape index (κ2) is 4.11. The average Bonchev–Trinajstić information content (AvgIpc) is 2.89. The largest absolute Gasteiger partial charge is 0.390 e. The van der Waals surface area contributed by atoms with Crippen molar-refractivity contribution in [2.24, 2.45) is 0 Å². The van der Waals surface area contributed by atoms with Crippen molar-refractivity contribution in [3.63, 3.8) is 0 Å². The molecule has 88 valence electrons. The molecule has 0 spiro atoms. The molecule has 2 rings (SSSR count). The summed E-state index contributed by atoms with van der Waals surface area (Å²) in [5.74, 6) is -0.0216. The van der Waals surface area contributed by atoms with Crippen LogP contribution in [0.4, 0.5) is 4.39 Å². The molecule has 0 heterocycles. The second-order valence-corrected chi connectivity index (χ2v) is 5.89. The first-order chi connectivity index (χ1) is 7.41. The zero-order valence-corrected chi connectivity index (χ0v) is 11.1. The van der Waals surface area contributed by atoms with Crippen molar-refractivity contribution < 1.29 is 9.50 Å². The molecule has 1 saturated carbocycles. The van der Waals surface area contributed by atoms with E-state index in [0.717, 1.165) is 18.4 Å². The van der Waals surface area contributed by atoms with E-state index in [1.165, 1.54) is 0 Å². The molecule has 16 heavy (non-hydrogen) atoms. The van der Waals surface area contributed by atoms with Gasteiger partial charge >= 0.3 is 0 Å². The molecule has 0 aliphatic heterocycles. The van der Waals surface area contributed by atoms with Crippen LogP contribution in [-0.4, -0.2) is 10.7 Å². The van der Waals surface area contributed by atoms with Crippen molar-refractivity contribution in [2.75, 3.05) is 0 Å². The van der Waals surface area contributed by atoms with Gasteiger partial charge in [0.05, 0.1) is 10.1 Å². The number of rotatable bonds is 3. The summed E-state index contributed by atoms with van der Waals surface area (Å²) in [6.45, 7) is 3.95. The molecular formula is C13H16BrFO. The third-order valence-corrected chi connectivity index (χ3v) is 3.68. The van der Waals surface area contributed by atoms with Crippen molar-refractivity contribution in [2.45, 2.75) is 44.6 Å². The fourth-order valence-corrected chi connectivity index (χ4v) is 2.41. The van der Waals surface area contributed by atoms with Crippen LogP contribution in [0.5, 0.6) is 0 Å². The van der Waals surface area contributed by atoms with Gasteiger partial charge in [-0.05, 0) is 51.9 Å². The zero-order chi connectivity index (χ0) is 11.9. The first-order valence-corrected chi connectivity index (χ1v) is 6.41. The first kappa shape index (κ1) is 12.1. The summed E-state index contributed by atoms with van der Waals surface area (Å²) in [5, 5.41) is 9.86. The fourth-order valence-electron chi connectivity index (χ4n) is 1.89. The number of hydrogen-bond acceptors (Lipinski definition) is 1. The molecule has 1 aromatic carbocycles. The van der Waals surface area contributed by atoms with Crippen LogP contribution in [0.15, 0.2) is 16.6 Å². The molecule has 1 N–H and O–H groups in total. The van der Waals surface area contributed by atoms with Crippen molar-refractivity contribution in [1.29, 1.82) is 0 Å². The molecule has 3 heteroatoms. The van der Waals surface area contributed by atoms with E-state index in [1.54, 1.807) is 6.07 Å². The van der Waals surface area contributed by atoms with Crippen LogP contribution >= 0.6 is 15.9 Å². The number of hydrogen-bond donors (Lipinski definition) is 1. The van der Waals surface area contributed by atoms with Gasteiger partial charge in [0.2, 0.25) is 0 Å². The molecular weight excluding hydrogens is 271 g/mol. The van der Waals surface area contributed by atoms with Gasteiger partial charge in [0.15, 0.2) is 0 Å². The lowest BCUT2D eigenvalue weighted by molar-refractivity contribution is 0.151. The SMILES string of the molecule is CC(C)c1cc(CC2(O)CC2)cc(Br)c1F.